The van der Waals surface area contributed by atoms with Crippen molar-refractivity contribution in [1.29, 1.82) is 0 Å². The zero-order chi connectivity index (χ0) is 17.5. The van der Waals surface area contributed by atoms with Crippen LogP contribution in [0, 0.1) is 17.8 Å². The van der Waals surface area contributed by atoms with Crippen LogP contribution in [0.2, 0.25) is 0 Å². The Labute approximate surface area is 143 Å². The Kier molecular flexibility index (Phi) is 5.21. The van der Waals surface area contributed by atoms with Crippen molar-refractivity contribution in [3.63, 3.8) is 0 Å². The van der Waals surface area contributed by atoms with Gasteiger partial charge in [-0.1, -0.05) is 0 Å². The van der Waals surface area contributed by atoms with Crippen molar-refractivity contribution >= 4 is 5.97 Å². The molecule has 2 saturated carbocycles. The van der Waals surface area contributed by atoms with Crippen LogP contribution in [0.15, 0.2) is 0 Å². The molecule has 6 atom stereocenters. The molecule has 6 heteroatoms. The molecule has 1 aliphatic heterocycles. The maximum Gasteiger partial charge on any atom is 0.128 e. The van der Waals surface area contributed by atoms with E-state index in [1.54, 1.807) is 6.92 Å². The van der Waals surface area contributed by atoms with E-state index in [9.17, 15) is 25.2 Å². The van der Waals surface area contributed by atoms with Crippen molar-refractivity contribution in [3.05, 3.63) is 0 Å². The molecule has 4 N–H and O–H groups in total. The van der Waals surface area contributed by atoms with Crippen LogP contribution in [0.25, 0.3) is 0 Å². The number of carbonyl (C=O) groups is 1. The molecule has 0 bridgehead atoms. The lowest BCUT2D eigenvalue weighted by Gasteiger charge is -2.42. The third-order valence-corrected chi connectivity index (χ3v) is 6.88. The van der Waals surface area contributed by atoms with Gasteiger partial charge < -0.3 is 30.1 Å². The topological polar surface area (TPSA) is 105 Å². The van der Waals surface area contributed by atoms with Gasteiger partial charge in [0.1, 0.15) is 6.04 Å². The van der Waals surface area contributed by atoms with Crippen LogP contribution in [0.5, 0.6) is 0 Å². The summed E-state index contributed by atoms with van der Waals surface area (Å²) in [5, 5.41) is 42.1. The lowest BCUT2D eigenvalue weighted by molar-refractivity contribution is -0.929. The van der Waals surface area contributed by atoms with Crippen molar-refractivity contribution < 1.29 is 30.1 Å². The minimum Gasteiger partial charge on any atom is -0.544 e. The van der Waals surface area contributed by atoms with Gasteiger partial charge >= 0.3 is 0 Å². The first kappa shape index (κ1) is 18.1. The number of piperidine rings is 1. The quantitative estimate of drug-likeness (QED) is 0.477. The SMILES string of the molecule is C[C@]1(O)C[C@H](O)C2CC[NH+]([C@H](CC3CCC(O)CC3)C(=O)[O-])CC21. The molecule has 138 valence electrons. The highest BCUT2D eigenvalue weighted by molar-refractivity contribution is 5.69. The summed E-state index contributed by atoms with van der Waals surface area (Å²) in [6, 6.07) is -0.556. The second kappa shape index (κ2) is 6.90. The number of rotatable bonds is 4. The van der Waals surface area contributed by atoms with Gasteiger partial charge in [0.15, 0.2) is 0 Å². The van der Waals surface area contributed by atoms with Gasteiger partial charge in [-0.15, -0.1) is 0 Å². The number of aliphatic hydroxyl groups excluding tert-OH is 2. The number of aliphatic carboxylic acids is 1. The second-order valence-electron chi connectivity index (χ2n) is 8.58. The minimum absolute atomic E-state index is 0.0497. The molecule has 6 nitrogen and oxygen atoms in total. The molecule has 24 heavy (non-hydrogen) atoms. The zero-order valence-electron chi connectivity index (χ0n) is 14.5. The number of carboxylic acid groups (broad SMARTS) is 1. The summed E-state index contributed by atoms with van der Waals surface area (Å²) in [6.45, 7) is 3.06. The highest BCUT2D eigenvalue weighted by Crippen LogP contribution is 2.42. The molecule has 0 radical (unpaired) electrons. The van der Waals surface area contributed by atoms with Crippen molar-refractivity contribution in [2.75, 3.05) is 13.1 Å². The third-order valence-electron chi connectivity index (χ3n) is 6.88. The predicted octanol–water partition coefficient (Wildman–Crippen LogP) is -1.92. The van der Waals surface area contributed by atoms with Gasteiger partial charge in [0.05, 0.1) is 36.9 Å². The fourth-order valence-corrected chi connectivity index (χ4v) is 5.42. The molecule has 0 spiro atoms. The largest absolute Gasteiger partial charge is 0.544 e. The summed E-state index contributed by atoms with van der Waals surface area (Å²) in [4.78, 5) is 12.7. The van der Waals surface area contributed by atoms with Crippen LogP contribution >= 0.6 is 0 Å². The third kappa shape index (κ3) is 3.62. The monoisotopic (exact) mass is 341 g/mol. The standard InChI is InChI=1S/C18H31NO5/c1-18(24)9-16(21)13-6-7-19(10-14(13)18)15(17(22)23)8-11-2-4-12(20)5-3-11/h11-16,20-21,24H,2-10H2,1H3,(H,22,23)/t11?,12?,13?,14?,15-,16+,18+/m1/s1. The molecule has 0 amide bonds. The molecule has 1 heterocycles. The van der Waals surface area contributed by atoms with E-state index in [0.717, 1.165) is 37.0 Å². The Morgan fingerprint density at radius 1 is 1.25 bits per heavy atom. The molecule has 0 aromatic heterocycles. The van der Waals surface area contributed by atoms with Gasteiger partial charge in [-0.3, -0.25) is 0 Å². The lowest BCUT2D eigenvalue weighted by atomic mass is 9.79. The van der Waals surface area contributed by atoms with Crippen molar-refractivity contribution in [3.8, 4) is 0 Å². The Hall–Kier alpha value is -0.690. The van der Waals surface area contributed by atoms with E-state index in [1.165, 1.54) is 0 Å². The van der Waals surface area contributed by atoms with Crippen molar-refractivity contribution in [2.24, 2.45) is 17.8 Å². The smallest absolute Gasteiger partial charge is 0.128 e. The Balaban J connectivity index is 1.65. The summed E-state index contributed by atoms with van der Waals surface area (Å²) in [5.41, 5.74) is -0.915. The average molecular weight is 341 g/mol. The number of hydrogen-bond acceptors (Lipinski definition) is 5. The van der Waals surface area contributed by atoms with E-state index in [4.69, 9.17) is 0 Å². The predicted molar refractivity (Wildman–Crippen MR) is 84.9 cm³/mol. The van der Waals surface area contributed by atoms with Crippen LogP contribution in [-0.2, 0) is 4.79 Å². The molecular formula is C18H31NO5. The maximum absolute atomic E-state index is 11.8. The van der Waals surface area contributed by atoms with Crippen molar-refractivity contribution in [1.82, 2.24) is 0 Å². The van der Waals surface area contributed by atoms with Gasteiger partial charge in [-0.2, -0.15) is 0 Å². The summed E-state index contributed by atoms with van der Waals surface area (Å²) < 4.78 is 0. The van der Waals surface area contributed by atoms with Crippen LogP contribution in [-0.4, -0.2) is 58.2 Å². The summed E-state index contributed by atoms with van der Waals surface area (Å²) in [6.07, 6.45) is 4.27. The molecule has 3 fully saturated rings. The molecule has 0 aromatic carbocycles. The van der Waals surface area contributed by atoms with Gasteiger partial charge in [0.25, 0.3) is 0 Å². The van der Waals surface area contributed by atoms with E-state index < -0.39 is 23.7 Å². The normalized spacial score (nSPS) is 47.2. The molecular weight excluding hydrogens is 310 g/mol. The number of carbonyl (C=O) groups excluding carboxylic acids is 1. The lowest BCUT2D eigenvalue weighted by Crippen LogP contribution is -3.19. The Morgan fingerprint density at radius 2 is 1.92 bits per heavy atom. The summed E-state index contributed by atoms with van der Waals surface area (Å²) in [7, 11) is 0. The Morgan fingerprint density at radius 3 is 2.54 bits per heavy atom. The number of fused-ring (bicyclic) bond motifs is 1. The van der Waals surface area contributed by atoms with Crippen LogP contribution in [0.1, 0.15) is 51.9 Å². The fourth-order valence-electron chi connectivity index (χ4n) is 5.42. The van der Waals surface area contributed by atoms with Crippen LogP contribution in [0.4, 0.5) is 0 Å². The first-order chi connectivity index (χ1) is 11.3. The first-order valence-corrected chi connectivity index (χ1v) is 9.42. The molecule has 3 unspecified atom stereocenters. The summed E-state index contributed by atoms with van der Waals surface area (Å²) >= 11 is 0. The van der Waals surface area contributed by atoms with E-state index in [1.807, 2.05) is 0 Å². The van der Waals surface area contributed by atoms with Gasteiger partial charge in [0.2, 0.25) is 0 Å². The highest BCUT2D eigenvalue weighted by Gasteiger charge is 2.54. The molecule has 2 aliphatic carbocycles. The van der Waals surface area contributed by atoms with Gasteiger partial charge in [-0.25, -0.2) is 0 Å². The van der Waals surface area contributed by atoms with Gasteiger partial charge in [-0.05, 0) is 38.5 Å². The van der Waals surface area contributed by atoms with Crippen LogP contribution in [0.3, 0.4) is 0 Å². The van der Waals surface area contributed by atoms with E-state index >= 15 is 0 Å². The van der Waals surface area contributed by atoms with E-state index in [2.05, 4.69) is 0 Å². The first-order valence-electron chi connectivity index (χ1n) is 9.42. The number of carboxylic acids is 1. The number of nitrogens with one attached hydrogen (secondary N) is 1. The maximum atomic E-state index is 11.8. The highest BCUT2D eigenvalue weighted by atomic mass is 16.4. The number of aliphatic hydroxyl groups is 3. The molecule has 3 aliphatic rings. The second-order valence-corrected chi connectivity index (χ2v) is 8.58. The zero-order valence-corrected chi connectivity index (χ0v) is 14.5. The van der Waals surface area contributed by atoms with E-state index in [-0.39, 0.29) is 17.9 Å². The number of likely N-dealkylation sites (tertiary alicyclic amines) is 1. The van der Waals surface area contributed by atoms with E-state index in [0.29, 0.717) is 31.8 Å². The number of hydrogen-bond donors (Lipinski definition) is 4. The Bertz CT molecular complexity index is 460. The van der Waals surface area contributed by atoms with Gasteiger partial charge in [0, 0.05) is 31.1 Å². The minimum atomic E-state index is -1.01. The fraction of sp³-hybridized carbons (Fsp3) is 0.944. The molecule has 0 aromatic rings. The molecule has 3 rings (SSSR count). The van der Waals surface area contributed by atoms with Crippen LogP contribution < -0.4 is 10.0 Å². The van der Waals surface area contributed by atoms with Crippen molar-refractivity contribution in [2.45, 2.75) is 75.7 Å². The molecule has 1 saturated heterocycles. The average Bonchev–Trinajstić information content (AvgIpc) is 2.75. The number of quaternary nitrogens is 1. The summed E-state index contributed by atoms with van der Waals surface area (Å²) in [5.74, 6) is -0.647.